The Balaban J connectivity index is 1.88. The molecule has 14 heavy (non-hydrogen) atoms. The van der Waals surface area contributed by atoms with Gasteiger partial charge in [-0.05, 0) is 41.8 Å². The highest BCUT2D eigenvalue weighted by atomic mass is 15.6. The summed E-state index contributed by atoms with van der Waals surface area (Å²) in [4.78, 5) is 0. The van der Waals surface area contributed by atoms with Gasteiger partial charge in [-0.3, -0.25) is 0 Å². The monoisotopic (exact) mass is 190 g/mol. The van der Waals surface area contributed by atoms with Gasteiger partial charge in [-0.15, -0.1) is 14.8 Å². The second kappa shape index (κ2) is 2.90. The Bertz CT molecular complexity index is 446. The summed E-state index contributed by atoms with van der Waals surface area (Å²) in [5.74, 6) is 0.842. The van der Waals surface area contributed by atoms with Gasteiger partial charge in [0.2, 0.25) is 0 Å². The first-order valence-corrected chi connectivity index (χ1v) is 4.74. The van der Waals surface area contributed by atoms with Crippen molar-refractivity contribution in [1.29, 1.82) is 0 Å². The summed E-state index contributed by atoms with van der Waals surface area (Å²) >= 11 is 0. The minimum Gasteiger partial charge on any atom is -0.366 e. The van der Waals surface area contributed by atoms with Crippen LogP contribution in [0.4, 0.5) is 5.82 Å². The molecule has 0 radical (unpaired) electrons. The molecule has 0 amide bonds. The molecule has 0 saturated heterocycles. The number of nitrogens with zero attached hydrogens (tertiary/aromatic N) is 5. The Morgan fingerprint density at radius 3 is 3.07 bits per heavy atom. The Hall–Kier alpha value is -1.72. The van der Waals surface area contributed by atoms with Gasteiger partial charge in [0.1, 0.15) is 5.82 Å². The number of fused-ring (bicyclic) bond motifs is 1. The highest BCUT2D eigenvalue weighted by Gasteiger charge is 2.17. The van der Waals surface area contributed by atoms with E-state index in [9.17, 15) is 0 Å². The second-order valence-corrected chi connectivity index (χ2v) is 3.52. The highest BCUT2D eigenvalue weighted by molar-refractivity contribution is 5.42. The van der Waals surface area contributed by atoms with E-state index in [0.29, 0.717) is 11.7 Å². The molecule has 1 fully saturated rings. The predicted molar refractivity (Wildman–Crippen MR) is 49.8 cm³/mol. The lowest BCUT2D eigenvalue weighted by Gasteiger charge is -2.26. The maximum atomic E-state index is 4.23. The molecular formula is C8H10N6. The summed E-state index contributed by atoms with van der Waals surface area (Å²) in [6.45, 7) is 0. The van der Waals surface area contributed by atoms with E-state index in [1.807, 2.05) is 12.1 Å². The van der Waals surface area contributed by atoms with Crippen molar-refractivity contribution in [2.75, 3.05) is 5.32 Å². The van der Waals surface area contributed by atoms with Gasteiger partial charge in [0.05, 0.1) is 0 Å². The molecular weight excluding hydrogens is 180 g/mol. The molecule has 0 bridgehead atoms. The molecule has 6 nitrogen and oxygen atoms in total. The summed E-state index contributed by atoms with van der Waals surface area (Å²) in [7, 11) is 0. The van der Waals surface area contributed by atoms with Crippen LogP contribution in [-0.2, 0) is 0 Å². The molecule has 72 valence electrons. The molecule has 1 N–H and O–H groups in total. The minimum absolute atomic E-state index is 0.580. The third-order valence-electron chi connectivity index (χ3n) is 2.53. The van der Waals surface area contributed by atoms with E-state index in [-0.39, 0.29) is 0 Å². The van der Waals surface area contributed by atoms with E-state index < -0.39 is 0 Å². The summed E-state index contributed by atoms with van der Waals surface area (Å²) < 4.78 is 1.43. The topological polar surface area (TPSA) is 68.0 Å². The molecule has 0 aliphatic heterocycles. The van der Waals surface area contributed by atoms with E-state index >= 15 is 0 Å². The van der Waals surface area contributed by atoms with Crippen molar-refractivity contribution < 1.29 is 0 Å². The lowest BCUT2D eigenvalue weighted by atomic mass is 9.93. The van der Waals surface area contributed by atoms with Crippen molar-refractivity contribution in [3.63, 3.8) is 0 Å². The van der Waals surface area contributed by atoms with Crippen molar-refractivity contribution in [2.24, 2.45) is 0 Å². The Morgan fingerprint density at radius 1 is 1.36 bits per heavy atom. The molecule has 1 saturated carbocycles. The zero-order valence-electron chi connectivity index (χ0n) is 7.59. The van der Waals surface area contributed by atoms with Crippen LogP contribution in [-0.4, -0.2) is 31.3 Å². The zero-order valence-corrected chi connectivity index (χ0v) is 7.59. The van der Waals surface area contributed by atoms with Crippen LogP contribution in [0.25, 0.3) is 5.65 Å². The second-order valence-electron chi connectivity index (χ2n) is 3.52. The average molecular weight is 190 g/mol. The van der Waals surface area contributed by atoms with Crippen molar-refractivity contribution in [2.45, 2.75) is 25.3 Å². The molecule has 0 aromatic carbocycles. The van der Waals surface area contributed by atoms with E-state index in [4.69, 9.17) is 0 Å². The number of anilines is 1. The number of nitrogens with one attached hydrogen (secondary N) is 1. The van der Waals surface area contributed by atoms with Gasteiger partial charge in [-0.25, -0.2) is 0 Å². The number of hydrogen-bond donors (Lipinski definition) is 1. The summed E-state index contributed by atoms with van der Waals surface area (Å²) in [6, 6.07) is 4.34. The summed E-state index contributed by atoms with van der Waals surface area (Å²) in [5.41, 5.74) is 0.671. The maximum absolute atomic E-state index is 4.23. The van der Waals surface area contributed by atoms with Gasteiger partial charge < -0.3 is 5.32 Å². The summed E-state index contributed by atoms with van der Waals surface area (Å²) in [6.07, 6.45) is 3.77. The largest absolute Gasteiger partial charge is 0.366 e. The van der Waals surface area contributed by atoms with Crippen LogP contribution >= 0.6 is 0 Å². The van der Waals surface area contributed by atoms with Crippen molar-refractivity contribution >= 4 is 11.5 Å². The smallest absolute Gasteiger partial charge is 0.200 e. The van der Waals surface area contributed by atoms with E-state index in [1.54, 1.807) is 0 Å². The lowest BCUT2D eigenvalue weighted by molar-refractivity contribution is 0.443. The average Bonchev–Trinajstić information content (AvgIpc) is 2.58. The lowest BCUT2D eigenvalue weighted by Crippen LogP contribution is -2.27. The van der Waals surface area contributed by atoms with Crippen LogP contribution in [0.3, 0.4) is 0 Å². The molecule has 6 heteroatoms. The zero-order chi connectivity index (χ0) is 9.38. The quantitative estimate of drug-likeness (QED) is 0.746. The number of hydrogen-bond acceptors (Lipinski definition) is 5. The van der Waals surface area contributed by atoms with Gasteiger partial charge in [-0.2, -0.15) is 0 Å². The van der Waals surface area contributed by atoms with Gasteiger partial charge in [0, 0.05) is 6.04 Å². The van der Waals surface area contributed by atoms with E-state index in [2.05, 4.69) is 25.9 Å². The van der Waals surface area contributed by atoms with Crippen molar-refractivity contribution in [3.05, 3.63) is 12.1 Å². The Kier molecular flexibility index (Phi) is 1.59. The van der Waals surface area contributed by atoms with Crippen LogP contribution in [0.1, 0.15) is 19.3 Å². The normalized spacial score (nSPS) is 16.9. The van der Waals surface area contributed by atoms with Crippen molar-refractivity contribution in [1.82, 2.24) is 25.3 Å². The van der Waals surface area contributed by atoms with Gasteiger partial charge in [0.15, 0.2) is 5.65 Å². The molecule has 0 spiro atoms. The maximum Gasteiger partial charge on any atom is 0.200 e. The van der Waals surface area contributed by atoms with E-state index in [1.165, 1.54) is 23.9 Å². The molecule has 2 heterocycles. The first-order chi connectivity index (χ1) is 6.92. The SMILES string of the molecule is c1cc2nnnn2nc1NC1CCC1. The van der Waals surface area contributed by atoms with Gasteiger partial charge in [-0.1, -0.05) is 0 Å². The molecule has 0 unspecified atom stereocenters. The number of rotatable bonds is 2. The molecule has 0 atom stereocenters. The highest BCUT2D eigenvalue weighted by Crippen LogP contribution is 2.21. The van der Waals surface area contributed by atoms with Crippen LogP contribution in [0.2, 0.25) is 0 Å². The molecule has 1 aliphatic carbocycles. The standard InChI is InChI=1S/C8H10N6/c1-2-6(3-1)9-7-4-5-8-10-12-13-14(8)11-7/h4-6H,1-3H2,(H,9,11). The molecule has 2 aromatic rings. The number of tetrazole rings is 1. The minimum atomic E-state index is 0.580. The predicted octanol–water partition coefficient (Wildman–Crippen LogP) is 0.484. The van der Waals surface area contributed by atoms with Crippen molar-refractivity contribution in [3.8, 4) is 0 Å². The number of aromatic nitrogens is 5. The first-order valence-electron chi connectivity index (χ1n) is 4.74. The fraction of sp³-hybridized carbons (Fsp3) is 0.500. The van der Waals surface area contributed by atoms with Gasteiger partial charge >= 0.3 is 0 Å². The fourth-order valence-corrected chi connectivity index (χ4v) is 1.49. The third kappa shape index (κ3) is 1.19. The van der Waals surface area contributed by atoms with Crippen LogP contribution in [0.15, 0.2) is 12.1 Å². The van der Waals surface area contributed by atoms with Crippen LogP contribution in [0, 0.1) is 0 Å². The van der Waals surface area contributed by atoms with Crippen LogP contribution < -0.4 is 5.32 Å². The fourth-order valence-electron chi connectivity index (χ4n) is 1.49. The van der Waals surface area contributed by atoms with Gasteiger partial charge in [0.25, 0.3) is 0 Å². The van der Waals surface area contributed by atoms with Crippen LogP contribution in [0.5, 0.6) is 0 Å². The Labute approximate surface area is 80.3 Å². The first kappa shape index (κ1) is 7.66. The molecule has 2 aromatic heterocycles. The summed E-state index contributed by atoms with van der Waals surface area (Å²) in [5, 5.41) is 18.6. The molecule has 1 aliphatic rings. The Morgan fingerprint density at radius 2 is 2.29 bits per heavy atom. The third-order valence-corrected chi connectivity index (χ3v) is 2.53. The van der Waals surface area contributed by atoms with E-state index in [0.717, 1.165) is 5.82 Å². The molecule has 3 rings (SSSR count).